The number of ketones is 1. The van der Waals surface area contributed by atoms with Gasteiger partial charge in [-0.3, -0.25) is 4.79 Å². The number of Topliss-reactive ketones (excluding diaryl/α,β-unsaturated/α-hetero) is 1. The van der Waals surface area contributed by atoms with E-state index >= 15 is 0 Å². The number of carbonyl (C=O) groups is 1. The average Bonchev–Trinajstić information content (AvgIpc) is 2.26. The molecule has 1 atom stereocenters. The molecule has 0 aliphatic heterocycles. The zero-order chi connectivity index (χ0) is 12.9. The lowest BCUT2D eigenvalue weighted by Crippen LogP contribution is -2.22. The highest BCUT2D eigenvalue weighted by molar-refractivity contribution is 5.78. The van der Waals surface area contributed by atoms with Crippen LogP contribution in [-0.2, 0) is 4.79 Å². The molecule has 0 aliphatic rings. The number of hydrogen-bond acceptors (Lipinski definition) is 3. The zero-order valence-electron chi connectivity index (χ0n) is 11.3. The Bertz CT molecular complexity index is 181. The van der Waals surface area contributed by atoms with Gasteiger partial charge in [0.1, 0.15) is 12.0 Å². The molecule has 3 nitrogen and oxygen atoms in total. The minimum atomic E-state index is -0.971. The summed E-state index contributed by atoms with van der Waals surface area (Å²) >= 11 is 0. The molecule has 3 N–H and O–H groups in total. The first-order valence-corrected chi connectivity index (χ1v) is 7.12. The molecule has 0 heterocycles. The summed E-state index contributed by atoms with van der Waals surface area (Å²) in [4.78, 5) is 11.2. The van der Waals surface area contributed by atoms with Gasteiger partial charge in [0.25, 0.3) is 0 Å². The highest BCUT2D eigenvalue weighted by atomic mass is 16.3. The third-order valence-electron chi connectivity index (χ3n) is 3.00. The molecule has 0 aromatic heterocycles. The van der Waals surface area contributed by atoms with Crippen LogP contribution in [-0.4, -0.2) is 17.1 Å². The third kappa shape index (κ3) is 13.5. The molecular formula is C14H29NO2. The van der Waals surface area contributed by atoms with Crippen LogP contribution < -0.4 is 5.73 Å². The van der Waals surface area contributed by atoms with Crippen LogP contribution in [0.15, 0.2) is 0 Å². The van der Waals surface area contributed by atoms with Crippen molar-refractivity contribution in [1.29, 1.82) is 0 Å². The number of rotatable bonds is 12. The van der Waals surface area contributed by atoms with Gasteiger partial charge in [-0.1, -0.05) is 58.3 Å². The highest BCUT2D eigenvalue weighted by Gasteiger charge is 2.05. The summed E-state index contributed by atoms with van der Waals surface area (Å²) in [6.45, 7) is 2.23. The number of hydrogen-bond donors (Lipinski definition) is 2. The van der Waals surface area contributed by atoms with E-state index in [0.717, 1.165) is 12.8 Å². The summed E-state index contributed by atoms with van der Waals surface area (Å²) in [6.07, 6.45) is 11.0. The second kappa shape index (κ2) is 12.1. The zero-order valence-corrected chi connectivity index (χ0v) is 11.3. The Balaban J connectivity index is 3.10. The minimum absolute atomic E-state index is 0.0861. The van der Waals surface area contributed by atoms with Crippen molar-refractivity contribution >= 4 is 5.78 Å². The highest BCUT2D eigenvalue weighted by Crippen LogP contribution is 2.11. The summed E-state index contributed by atoms with van der Waals surface area (Å²) in [6, 6.07) is 0. The maximum Gasteiger partial charge on any atom is 0.136 e. The molecule has 1 unspecified atom stereocenters. The lowest BCUT2D eigenvalue weighted by atomic mass is 10.0. The first-order chi connectivity index (χ1) is 8.16. The summed E-state index contributed by atoms with van der Waals surface area (Å²) in [7, 11) is 0. The van der Waals surface area contributed by atoms with Gasteiger partial charge in [0, 0.05) is 12.8 Å². The molecule has 0 rings (SSSR count). The Morgan fingerprint density at radius 1 is 1.00 bits per heavy atom. The van der Waals surface area contributed by atoms with Crippen LogP contribution in [0.1, 0.15) is 77.6 Å². The largest absolute Gasteiger partial charge is 0.378 e. The van der Waals surface area contributed by atoms with Crippen LogP contribution in [0.3, 0.4) is 0 Å². The quantitative estimate of drug-likeness (QED) is 0.409. The van der Waals surface area contributed by atoms with Crippen molar-refractivity contribution in [3.63, 3.8) is 0 Å². The monoisotopic (exact) mass is 243 g/mol. The average molecular weight is 243 g/mol. The van der Waals surface area contributed by atoms with Gasteiger partial charge in [-0.2, -0.15) is 0 Å². The van der Waals surface area contributed by atoms with E-state index < -0.39 is 6.23 Å². The molecule has 0 amide bonds. The van der Waals surface area contributed by atoms with Crippen LogP contribution in [0.4, 0.5) is 0 Å². The number of aliphatic hydroxyl groups is 1. The predicted molar refractivity (Wildman–Crippen MR) is 71.7 cm³/mol. The van der Waals surface area contributed by atoms with E-state index in [1.165, 1.54) is 44.9 Å². The van der Waals surface area contributed by atoms with E-state index in [1.807, 2.05) is 0 Å². The molecule has 0 saturated carbocycles. The smallest absolute Gasteiger partial charge is 0.136 e. The second-order valence-electron chi connectivity index (χ2n) is 4.89. The molecule has 0 radical (unpaired) electrons. The van der Waals surface area contributed by atoms with E-state index in [1.54, 1.807) is 0 Å². The first kappa shape index (κ1) is 16.6. The van der Waals surface area contributed by atoms with Gasteiger partial charge in [-0.25, -0.2) is 0 Å². The maximum absolute atomic E-state index is 11.2. The molecule has 0 aliphatic carbocycles. The number of carbonyl (C=O) groups excluding carboxylic acids is 1. The van der Waals surface area contributed by atoms with Gasteiger partial charge in [0.05, 0.1) is 0 Å². The Labute approximate surface area is 106 Å². The standard InChI is InChI=1S/C14H29NO2/c1-2-3-4-5-6-7-8-9-10-11-13(16)12-14(15)17/h14,17H,2-12,15H2,1H3. The Hall–Kier alpha value is -0.410. The van der Waals surface area contributed by atoms with Gasteiger partial charge in [0.15, 0.2) is 0 Å². The number of unbranched alkanes of at least 4 members (excludes halogenated alkanes) is 8. The van der Waals surface area contributed by atoms with E-state index in [0.29, 0.717) is 6.42 Å². The fraction of sp³-hybridized carbons (Fsp3) is 0.929. The van der Waals surface area contributed by atoms with Gasteiger partial charge in [-0.05, 0) is 6.42 Å². The fourth-order valence-electron chi connectivity index (χ4n) is 1.97. The predicted octanol–water partition coefficient (Wildman–Crippen LogP) is 3.14. The molecule has 17 heavy (non-hydrogen) atoms. The fourth-order valence-corrected chi connectivity index (χ4v) is 1.97. The van der Waals surface area contributed by atoms with Crippen LogP contribution in [0.25, 0.3) is 0 Å². The van der Waals surface area contributed by atoms with Gasteiger partial charge in [0.2, 0.25) is 0 Å². The van der Waals surface area contributed by atoms with Crippen molar-refractivity contribution in [3.8, 4) is 0 Å². The molecule has 0 saturated heterocycles. The Morgan fingerprint density at radius 2 is 1.47 bits per heavy atom. The normalized spacial score (nSPS) is 12.6. The van der Waals surface area contributed by atoms with Crippen molar-refractivity contribution < 1.29 is 9.90 Å². The minimum Gasteiger partial charge on any atom is -0.378 e. The molecule has 3 heteroatoms. The van der Waals surface area contributed by atoms with Crippen LogP contribution in [0, 0.1) is 0 Å². The SMILES string of the molecule is CCCCCCCCCCCC(=O)CC(N)O. The topological polar surface area (TPSA) is 63.3 Å². The van der Waals surface area contributed by atoms with Crippen molar-refractivity contribution in [1.82, 2.24) is 0 Å². The second-order valence-corrected chi connectivity index (χ2v) is 4.89. The van der Waals surface area contributed by atoms with Crippen molar-refractivity contribution in [2.75, 3.05) is 0 Å². The molecule has 0 fully saturated rings. The third-order valence-corrected chi connectivity index (χ3v) is 3.00. The Kier molecular flexibility index (Phi) is 11.8. The van der Waals surface area contributed by atoms with Gasteiger partial charge in [-0.15, -0.1) is 0 Å². The summed E-state index contributed by atoms with van der Waals surface area (Å²) in [5.41, 5.74) is 5.14. The number of aliphatic hydroxyl groups excluding tert-OH is 1. The van der Waals surface area contributed by atoms with E-state index in [2.05, 4.69) is 6.92 Å². The first-order valence-electron chi connectivity index (χ1n) is 7.12. The van der Waals surface area contributed by atoms with Gasteiger partial charge >= 0.3 is 0 Å². The molecule has 0 spiro atoms. The van der Waals surface area contributed by atoms with Crippen LogP contribution in [0.2, 0.25) is 0 Å². The molecule has 0 bridgehead atoms. The lowest BCUT2D eigenvalue weighted by molar-refractivity contribution is -0.120. The lowest BCUT2D eigenvalue weighted by Gasteiger charge is -2.04. The Morgan fingerprint density at radius 3 is 1.94 bits per heavy atom. The van der Waals surface area contributed by atoms with Crippen molar-refractivity contribution in [2.45, 2.75) is 83.8 Å². The molecular weight excluding hydrogens is 214 g/mol. The van der Waals surface area contributed by atoms with Gasteiger partial charge < -0.3 is 10.8 Å². The van der Waals surface area contributed by atoms with E-state index in [9.17, 15) is 4.79 Å². The summed E-state index contributed by atoms with van der Waals surface area (Å²) in [5, 5.41) is 8.82. The molecule has 102 valence electrons. The summed E-state index contributed by atoms with van der Waals surface area (Å²) < 4.78 is 0. The van der Waals surface area contributed by atoms with E-state index in [-0.39, 0.29) is 12.2 Å². The molecule has 0 aromatic rings. The summed E-state index contributed by atoms with van der Waals surface area (Å²) in [5.74, 6) is 0.0861. The van der Waals surface area contributed by atoms with Crippen molar-refractivity contribution in [2.24, 2.45) is 5.73 Å². The maximum atomic E-state index is 11.2. The molecule has 0 aromatic carbocycles. The van der Waals surface area contributed by atoms with Crippen LogP contribution >= 0.6 is 0 Å². The van der Waals surface area contributed by atoms with Crippen LogP contribution in [0.5, 0.6) is 0 Å². The van der Waals surface area contributed by atoms with Crippen molar-refractivity contribution in [3.05, 3.63) is 0 Å². The number of nitrogens with two attached hydrogens (primary N) is 1. The van der Waals surface area contributed by atoms with E-state index in [4.69, 9.17) is 10.8 Å².